The molecule has 2 aromatic rings. The van der Waals surface area contributed by atoms with Gasteiger partial charge in [0.05, 0.1) is 19.4 Å². The molecule has 1 aromatic carbocycles. The van der Waals surface area contributed by atoms with Gasteiger partial charge in [0, 0.05) is 23.8 Å². The fourth-order valence-corrected chi connectivity index (χ4v) is 4.34. The normalized spacial score (nSPS) is 23.9. The molecule has 28 heavy (non-hydrogen) atoms. The molecule has 0 radical (unpaired) electrons. The largest absolute Gasteiger partial charge is 0.467 e. The Morgan fingerprint density at radius 3 is 2.46 bits per heavy atom. The second kappa shape index (κ2) is 8.48. The first-order valence-corrected chi connectivity index (χ1v) is 9.85. The maximum Gasteiger partial charge on any atom is 0.319 e. The van der Waals surface area contributed by atoms with E-state index < -0.39 is 0 Å². The first kappa shape index (κ1) is 18.6. The van der Waals surface area contributed by atoms with Crippen molar-refractivity contribution in [3.63, 3.8) is 0 Å². The van der Waals surface area contributed by atoms with Crippen LogP contribution in [-0.4, -0.2) is 41.5 Å². The summed E-state index contributed by atoms with van der Waals surface area (Å²) in [6, 6.07) is 13.8. The van der Waals surface area contributed by atoms with E-state index in [0.29, 0.717) is 25.2 Å². The molecule has 0 saturated carbocycles. The number of anilines is 1. The molecule has 0 aliphatic carbocycles. The minimum atomic E-state index is -0.166. The van der Waals surface area contributed by atoms with E-state index in [1.165, 1.54) is 0 Å². The maximum absolute atomic E-state index is 12.3. The molecule has 4 rings (SSSR count). The average molecular weight is 382 g/mol. The molecule has 3 heterocycles. The van der Waals surface area contributed by atoms with E-state index in [9.17, 15) is 9.59 Å². The number of hydrogen-bond donors (Lipinski definition) is 3. The molecule has 2 aliphatic rings. The molecule has 1 aromatic heterocycles. The van der Waals surface area contributed by atoms with E-state index in [1.54, 1.807) is 6.26 Å². The molecule has 2 bridgehead atoms. The van der Waals surface area contributed by atoms with Crippen molar-refractivity contribution >= 4 is 17.6 Å². The van der Waals surface area contributed by atoms with Crippen LogP contribution in [0.5, 0.6) is 0 Å². The third-order valence-corrected chi connectivity index (χ3v) is 5.62. The number of nitrogens with zero attached hydrogens (tertiary/aromatic N) is 1. The summed E-state index contributed by atoms with van der Waals surface area (Å²) >= 11 is 0. The minimum absolute atomic E-state index is 0.0153. The molecular formula is C21H26N4O3. The molecule has 3 atom stereocenters. The van der Waals surface area contributed by atoms with Crippen LogP contribution in [0.2, 0.25) is 0 Å². The number of hydrogen-bond acceptors (Lipinski definition) is 4. The zero-order chi connectivity index (χ0) is 19.3. The number of amides is 3. The summed E-state index contributed by atoms with van der Waals surface area (Å²) in [6.45, 7) is 0.817. The number of carbonyl (C=O) groups is 2. The molecule has 3 amide bonds. The van der Waals surface area contributed by atoms with Gasteiger partial charge >= 0.3 is 6.03 Å². The molecule has 148 valence electrons. The van der Waals surface area contributed by atoms with E-state index in [2.05, 4.69) is 20.9 Å². The number of furan rings is 1. The summed E-state index contributed by atoms with van der Waals surface area (Å²) in [4.78, 5) is 26.9. The second-order valence-electron chi connectivity index (χ2n) is 7.55. The van der Waals surface area contributed by atoms with Gasteiger partial charge < -0.3 is 20.4 Å². The Morgan fingerprint density at radius 1 is 1.04 bits per heavy atom. The Hall–Kier alpha value is -2.80. The molecule has 0 spiro atoms. The van der Waals surface area contributed by atoms with Gasteiger partial charge in [-0.2, -0.15) is 0 Å². The highest BCUT2D eigenvalue weighted by Gasteiger charge is 2.41. The topological polar surface area (TPSA) is 86.6 Å². The van der Waals surface area contributed by atoms with Gasteiger partial charge in [-0.05, 0) is 49.9 Å². The van der Waals surface area contributed by atoms with Crippen LogP contribution in [0.25, 0.3) is 0 Å². The van der Waals surface area contributed by atoms with Gasteiger partial charge in [-0.15, -0.1) is 0 Å². The highest BCUT2D eigenvalue weighted by Crippen LogP contribution is 2.35. The second-order valence-corrected chi connectivity index (χ2v) is 7.55. The van der Waals surface area contributed by atoms with Crippen LogP contribution in [0.1, 0.15) is 31.4 Å². The van der Waals surface area contributed by atoms with Crippen LogP contribution in [0.3, 0.4) is 0 Å². The van der Waals surface area contributed by atoms with Crippen molar-refractivity contribution < 1.29 is 14.0 Å². The molecule has 1 unspecified atom stereocenters. The van der Waals surface area contributed by atoms with Crippen LogP contribution in [0.4, 0.5) is 10.5 Å². The number of benzene rings is 1. The summed E-state index contributed by atoms with van der Waals surface area (Å²) in [7, 11) is 0. The van der Waals surface area contributed by atoms with Crippen molar-refractivity contribution in [1.29, 1.82) is 0 Å². The molecule has 2 saturated heterocycles. The van der Waals surface area contributed by atoms with E-state index in [0.717, 1.165) is 37.1 Å². The lowest BCUT2D eigenvalue weighted by molar-refractivity contribution is -0.123. The van der Waals surface area contributed by atoms with Crippen LogP contribution >= 0.6 is 0 Å². The lowest BCUT2D eigenvalue weighted by Crippen LogP contribution is -2.53. The van der Waals surface area contributed by atoms with Crippen molar-refractivity contribution in [2.24, 2.45) is 0 Å². The van der Waals surface area contributed by atoms with Gasteiger partial charge in [0.1, 0.15) is 5.76 Å². The van der Waals surface area contributed by atoms with Gasteiger partial charge in [0.15, 0.2) is 0 Å². The number of piperidine rings is 1. The lowest BCUT2D eigenvalue weighted by atomic mass is 9.97. The Balaban J connectivity index is 1.24. The minimum Gasteiger partial charge on any atom is -0.467 e. The summed E-state index contributed by atoms with van der Waals surface area (Å²) in [5.41, 5.74) is 0.786. The van der Waals surface area contributed by atoms with Gasteiger partial charge in [0.2, 0.25) is 5.91 Å². The highest BCUT2D eigenvalue weighted by atomic mass is 16.3. The molecule has 7 heteroatoms. The van der Waals surface area contributed by atoms with Crippen molar-refractivity contribution in [3.8, 4) is 0 Å². The third-order valence-electron chi connectivity index (χ3n) is 5.62. The van der Waals surface area contributed by atoms with Gasteiger partial charge in [-0.1, -0.05) is 18.2 Å². The summed E-state index contributed by atoms with van der Waals surface area (Å²) in [6.07, 6.45) is 5.52. The number of nitrogens with one attached hydrogen (secondary N) is 3. The van der Waals surface area contributed by atoms with Crippen molar-refractivity contribution in [2.75, 3.05) is 11.9 Å². The van der Waals surface area contributed by atoms with Crippen LogP contribution in [-0.2, 0) is 11.3 Å². The smallest absolute Gasteiger partial charge is 0.319 e. The first-order chi connectivity index (χ1) is 13.7. The van der Waals surface area contributed by atoms with Gasteiger partial charge in [-0.25, -0.2) is 4.79 Å². The first-order valence-electron chi connectivity index (χ1n) is 9.85. The van der Waals surface area contributed by atoms with Crippen molar-refractivity contribution in [1.82, 2.24) is 15.5 Å². The van der Waals surface area contributed by atoms with E-state index in [1.807, 2.05) is 42.5 Å². The monoisotopic (exact) mass is 382 g/mol. The fraction of sp³-hybridized carbons (Fsp3) is 0.429. The van der Waals surface area contributed by atoms with Crippen LogP contribution < -0.4 is 16.0 Å². The molecular weight excluding hydrogens is 356 g/mol. The highest BCUT2D eigenvalue weighted by molar-refractivity contribution is 5.89. The average Bonchev–Trinajstić information content (AvgIpc) is 3.27. The molecule has 2 aliphatic heterocycles. The van der Waals surface area contributed by atoms with Crippen molar-refractivity contribution in [2.45, 2.75) is 50.4 Å². The standard InChI is InChI=1S/C21H26N4O3/c26-20(22-13-19-7-4-10-28-19)14-25-17-8-9-18(25)12-16(11-17)24-21(27)23-15-5-2-1-3-6-15/h1-7,10,16-18H,8-9,11-14H2,(H,22,26)(H2,23,24,27)/t16?,17-,18+. The fourth-order valence-electron chi connectivity index (χ4n) is 4.34. The maximum atomic E-state index is 12.3. The molecule has 3 N–H and O–H groups in total. The Morgan fingerprint density at radius 2 is 1.79 bits per heavy atom. The van der Waals surface area contributed by atoms with Gasteiger partial charge in [0.25, 0.3) is 0 Å². The number of para-hydroxylation sites is 1. The quantitative estimate of drug-likeness (QED) is 0.717. The number of rotatable bonds is 6. The third kappa shape index (κ3) is 4.54. The Kier molecular flexibility index (Phi) is 5.62. The SMILES string of the molecule is O=C(CN1[C@@H]2CC[C@H]1CC(NC(=O)Nc1ccccc1)C2)NCc1ccco1. The summed E-state index contributed by atoms with van der Waals surface area (Å²) in [5.74, 6) is 0.769. The Bertz CT molecular complexity index is 779. The van der Waals surface area contributed by atoms with Crippen LogP contribution in [0, 0.1) is 0 Å². The number of urea groups is 1. The lowest BCUT2D eigenvalue weighted by Gasteiger charge is -2.38. The Labute approximate surface area is 164 Å². The summed E-state index contributed by atoms with van der Waals surface area (Å²) in [5, 5.41) is 8.89. The van der Waals surface area contributed by atoms with E-state index in [4.69, 9.17) is 4.42 Å². The van der Waals surface area contributed by atoms with Crippen LogP contribution in [0.15, 0.2) is 53.1 Å². The number of fused-ring (bicyclic) bond motifs is 2. The predicted octanol–water partition coefficient (Wildman–Crippen LogP) is 2.71. The van der Waals surface area contributed by atoms with E-state index >= 15 is 0 Å². The van der Waals surface area contributed by atoms with Crippen molar-refractivity contribution in [3.05, 3.63) is 54.5 Å². The number of carbonyl (C=O) groups excluding carboxylic acids is 2. The zero-order valence-corrected chi connectivity index (χ0v) is 15.8. The van der Waals surface area contributed by atoms with E-state index in [-0.39, 0.29) is 18.0 Å². The summed E-state index contributed by atoms with van der Waals surface area (Å²) < 4.78 is 5.25. The zero-order valence-electron chi connectivity index (χ0n) is 15.8. The molecule has 7 nitrogen and oxygen atoms in total. The predicted molar refractivity (Wildman–Crippen MR) is 106 cm³/mol. The molecule has 2 fully saturated rings. The van der Waals surface area contributed by atoms with Gasteiger partial charge in [-0.3, -0.25) is 9.69 Å².